The van der Waals surface area contributed by atoms with Crippen LogP contribution in [-0.2, 0) is 10.0 Å². The number of sulfonamides is 1. The lowest BCUT2D eigenvalue weighted by Crippen LogP contribution is -2.38. The fraction of sp³-hybridized carbons (Fsp3) is 0.353. The number of hydrogen-bond donors (Lipinski definition) is 3. The zero-order chi connectivity index (χ0) is 18.6. The smallest absolute Gasteiger partial charge is 0.250 e. The SMILES string of the molecule is Cc1ccc(S(=O)(=O)NCCN=C(N)NC2CCOc3ccccc32)s1. The van der Waals surface area contributed by atoms with Gasteiger partial charge in [-0.15, -0.1) is 11.3 Å². The van der Waals surface area contributed by atoms with Crippen molar-refractivity contribution in [1.29, 1.82) is 0 Å². The molecule has 9 heteroatoms. The zero-order valence-corrected chi connectivity index (χ0v) is 16.1. The van der Waals surface area contributed by atoms with E-state index in [1.807, 2.05) is 31.2 Å². The summed E-state index contributed by atoms with van der Waals surface area (Å²) in [6.07, 6.45) is 0.789. The number of nitrogens with one attached hydrogen (secondary N) is 2. The Balaban J connectivity index is 1.52. The first kappa shape index (κ1) is 18.7. The van der Waals surface area contributed by atoms with Crippen LogP contribution in [0.2, 0.25) is 0 Å². The lowest BCUT2D eigenvalue weighted by atomic mass is 10.0. The van der Waals surface area contributed by atoms with Gasteiger partial charge in [-0.3, -0.25) is 4.99 Å². The standard InChI is InChI=1S/C17H22N4O3S2/c1-12-6-7-16(25-12)26(22,23)20-10-9-19-17(18)21-14-8-11-24-15-5-3-2-4-13(14)15/h2-7,14,20H,8-11H2,1H3,(H3,18,19,21). The molecule has 0 spiro atoms. The molecular formula is C17H22N4O3S2. The quantitative estimate of drug-likeness (QED) is 0.393. The Labute approximate surface area is 157 Å². The third-order valence-electron chi connectivity index (χ3n) is 3.95. The summed E-state index contributed by atoms with van der Waals surface area (Å²) in [6.45, 7) is 2.93. The number of nitrogens with two attached hydrogens (primary N) is 1. The number of hydrogen-bond acceptors (Lipinski definition) is 5. The van der Waals surface area contributed by atoms with Crippen molar-refractivity contribution in [3.63, 3.8) is 0 Å². The fourth-order valence-electron chi connectivity index (χ4n) is 2.70. The highest BCUT2D eigenvalue weighted by atomic mass is 32.2. The Morgan fingerprint density at radius 2 is 2.15 bits per heavy atom. The molecule has 2 heterocycles. The molecule has 1 unspecified atom stereocenters. The largest absolute Gasteiger partial charge is 0.493 e. The number of benzene rings is 1. The van der Waals surface area contributed by atoms with Gasteiger partial charge >= 0.3 is 0 Å². The first-order chi connectivity index (χ1) is 12.5. The second-order valence-electron chi connectivity index (χ2n) is 5.90. The van der Waals surface area contributed by atoms with Gasteiger partial charge in [0.25, 0.3) is 0 Å². The van der Waals surface area contributed by atoms with Crippen LogP contribution in [0.4, 0.5) is 0 Å². The molecule has 0 saturated carbocycles. The number of aryl methyl sites for hydroxylation is 1. The molecule has 4 N–H and O–H groups in total. The maximum absolute atomic E-state index is 12.1. The summed E-state index contributed by atoms with van der Waals surface area (Å²) in [7, 11) is -3.48. The highest BCUT2D eigenvalue weighted by Gasteiger charge is 2.21. The van der Waals surface area contributed by atoms with Gasteiger partial charge in [-0.2, -0.15) is 0 Å². The number of fused-ring (bicyclic) bond motifs is 1. The first-order valence-electron chi connectivity index (χ1n) is 8.30. The molecule has 1 aliphatic heterocycles. The lowest BCUT2D eigenvalue weighted by molar-refractivity contribution is 0.262. The van der Waals surface area contributed by atoms with Gasteiger partial charge in [-0.05, 0) is 25.1 Å². The highest BCUT2D eigenvalue weighted by molar-refractivity contribution is 7.91. The second-order valence-corrected chi connectivity index (χ2v) is 9.18. The van der Waals surface area contributed by atoms with Crippen LogP contribution in [0.3, 0.4) is 0 Å². The molecule has 0 amide bonds. The van der Waals surface area contributed by atoms with E-state index in [-0.39, 0.29) is 25.1 Å². The van der Waals surface area contributed by atoms with Crippen molar-refractivity contribution >= 4 is 27.3 Å². The molecule has 1 aromatic heterocycles. The average Bonchev–Trinajstić information content (AvgIpc) is 3.07. The third kappa shape index (κ3) is 4.54. The minimum atomic E-state index is -3.48. The highest BCUT2D eigenvalue weighted by Crippen LogP contribution is 2.31. The predicted molar refractivity (Wildman–Crippen MR) is 103 cm³/mol. The molecule has 0 saturated heterocycles. The van der Waals surface area contributed by atoms with E-state index < -0.39 is 10.0 Å². The second kappa shape index (κ2) is 8.07. The van der Waals surface area contributed by atoms with Gasteiger partial charge in [0.15, 0.2) is 5.96 Å². The molecule has 1 aliphatic rings. The molecule has 140 valence electrons. The summed E-state index contributed by atoms with van der Waals surface area (Å²) in [5, 5.41) is 3.18. The summed E-state index contributed by atoms with van der Waals surface area (Å²) < 4.78 is 32.7. The molecule has 7 nitrogen and oxygen atoms in total. The van der Waals surface area contributed by atoms with E-state index in [0.717, 1.165) is 22.6 Å². The number of ether oxygens (including phenoxy) is 1. The van der Waals surface area contributed by atoms with Crippen LogP contribution in [0.25, 0.3) is 0 Å². The van der Waals surface area contributed by atoms with Crippen LogP contribution in [0, 0.1) is 6.92 Å². The number of para-hydroxylation sites is 1. The number of thiophene rings is 1. The minimum Gasteiger partial charge on any atom is -0.493 e. The normalized spacial score (nSPS) is 17.4. The first-order valence-corrected chi connectivity index (χ1v) is 10.6. The maximum Gasteiger partial charge on any atom is 0.250 e. The van der Waals surface area contributed by atoms with Crippen molar-refractivity contribution in [1.82, 2.24) is 10.0 Å². The van der Waals surface area contributed by atoms with Crippen LogP contribution in [0.5, 0.6) is 5.75 Å². The third-order valence-corrected chi connectivity index (χ3v) is 6.90. The van der Waals surface area contributed by atoms with Crippen molar-refractivity contribution in [2.45, 2.75) is 23.6 Å². The minimum absolute atomic E-state index is 0.0366. The molecule has 1 aromatic carbocycles. The molecule has 3 rings (SSSR count). The van der Waals surface area contributed by atoms with Crippen molar-refractivity contribution in [3.05, 3.63) is 46.8 Å². The molecule has 0 radical (unpaired) electrons. The molecule has 2 aromatic rings. The monoisotopic (exact) mass is 394 g/mol. The molecule has 1 atom stereocenters. The molecule has 0 aliphatic carbocycles. The van der Waals surface area contributed by atoms with Gasteiger partial charge in [0.1, 0.15) is 9.96 Å². The van der Waals surface area contributed by atoms with Crippen LogP contribution in [-0.4, -0.2) is 34.1 Å². The zero-order valence-electron chi connectivity index (χ0n) is 14.4. The van der Waals surface area contributed by atoms with E-state index in [0.29, 0.717) is 10.8 Å². The Morgan fingerprint density at radius 1 is 1.35 bits per heavy atom. The average molecular weight is 395 g/mol. The van der Waals surface area contributed by atoms with E-state index in [4.69, 9.17) is 10.5 Å². The van der Waals surface area contributed by atoms with E-state index in [2.05, 4.69) is 15.0 Å². The number of guanidine groups is 1. The van der Waals surface area contributed by atoms with E-state index in [1.165, 1.54) is 11.3 Å². The van der Waals surface area contributed by atoms with Crippen LogP contribution >= 0.6 is 11.3 Å². The van der Waals surface area contributed by atoms with E-state index in [1.54, 1.807) is 12.1 Å². The predicted octanol–water partition coefficient (Wildman–Crippen LogP) is 1.76. The maximum atomic E-state index is 12.1. The summed E-state index contributed by atoms with van der Waals surface area (Å²) >= 11 is 1.24. The van der Waals surface area contributed by atoms with Gasteiger partial charge < -0.3 is 15.8 Å². The Hall–Kier alpha value is -2.10. The van der Waals surface area contributed by atoms with Gasteiger partial charge in [-0.1, -0.05) is 18.2 Å². The summed E-state index contributed by atoms with van der Waals surface area (Å²) in [4.78, 5) is 5.16. The van der Waals surface area contributed by atoms with Gasteiger partial charge in [-0.25, -0.2) is 13.1 Å². The van der Waals surface area contributed by atoms with Crippen molar-refractivity contribution < 1.29 is 13.2 Å². The van der Waals surface area contributed by atoms with Crippen LogP contribution in [0.1, 0.15) is 22.9 Å². The molecule has 0 bridgehead atoms. The Bertz CT molecular complexity index is 893. The fourth-order valence-corrected chi connectivity index (χ4v) is 5.05. The van der Waals surface area contributed by atoms with Crippen molar-refractivity contribution in [2.24, 2.45) is 10.7 Å². The van der Waals surface area contributed by atoms with E-state index in [9.17, 15) is 8.42 Å². The Morgan fingerprint density at radius 3 is 2.92 bits per heavy atom. The summed E-state index contributed by atoms with van der Waals surface area (Å²) in [5.74, 6) is 1.14. The van der Waals surface area contributed by atoms with Gasteiger partial charge in [0.2, 0.25) is 10.0 Å². The Kier molecular flexibility index (Phi) is 5.80. The van der Waals surface area contributed by atoms with Crippen molar-refractivity contribution in [3.8, 4) is 5.75 Å². The van der Waals surface area contributed by atoms with Gasteiger partial charge in [0.05, 0.1) is 19.2 Å². The number of nitrogens with zero attached hydrogens (tertiary/aromatic N) is 1. The van der Waals surface area contributed by atoms with E-state index >= 15 is 0 Å². The molecule has 26 heavy (non-hydrogen) atoms. The molecule has 0 fully saturated rings. The number of aliphatic imine (C=N–C) groups is 1. The number of rotatable bonds is 6. The topological polar surface area (TPSA) is 106 Å². The van der Waals surface area contributed by atoms with Crippen molar-refractivity contribution in [2.75, 3.05) is 19.7 Å². The van der Waals surface area contributed by atoms with Gasteiger partial charge in [0, 0.05) is 23.4 Å². The summed E-state index contributed by atoms with van der Waals surface area (Å²) in [6, 6.07) is 11.2. The van der Waals surface area contributed by atoms with Crippen LogP contribution in [0.15, 0.2) is 45.6 Å². The summed E-state index contributed by atoms with van der Waals surface area (Å²) in [5.41, 5.74) is 7.00. The van der Waals surface area contributed by atoms with Crippen LogP contribution < -0.4 is 20.5 Å². The molecular weight excluding hydrogens is 372 g/mol. The lowest BCUT2D eigenvalue weighted by Gasteiger charge is -2.26.